The lowest BCUT2D eigenvalue weighted by atomic mass is 10.5. The number of nitrogens with zero attached hydrogens (tertiary/aromatic N) is 1. The highest BCUT2D eigenvalue weighted by atomic mass is 79.9. The van der Waals surface area contributed by atoms with Gasteiger partial charge in [-0.1, -0.05) is 0 Å². The summed E-state index contributed by atoms with van der Waals surface area (Å²) in [6.45, 7) is 0.240. The van der Waals surface area contributed by atoms with Crippen molar-refractivity contribution in [3.05, 3.63) is 22.9 Å². The normalized spacial score (nSPS) is 8.83. The van der Waals surface area contributed by atoms with Crippen LogP contribution in [0.2, 0.25) is 0 Å². The highest BCUT2D eigenvalue weighted by Gasteiger charge is 1.97. The van der Waals surface area contributed by atoms with Crippen LogP contribution in [-0.4, -0.2) is 18.9 Å². The van der Waals surface area contributed by atoms with Crippen LogP contribution in [0.3, 0.4) is 0 Å². The summed E-state index contributed by atoms with van der Waals surface area (Å²) in [5.74, 6) is 0.689. The molecule has 0 radical (unpaired) electrons. The summed E-state index contributed by atoms with van der Waals surface area (Å²) in [5.41, 5.74) is 0. The Labute approximate surface area is 85.6 Å². The number of ether oxygens (including phenoxy) is 2. The Balaban J connectivity index is 0.00000121. The molecule has 0 N–H and O–H groups in total. The monoisotopic (exact) mass is 253 g/mol. The molecule has 0 aliphatic rings. The highest BCUT2D eigenvalue weighted by Crippen LogP contribution is 2.22. The van der Waals surface area contributed by atoms with Crippen LogP contribution in [0.4, 0.5) is 0 Å². The summed E-state index contributed by atoms with van der Waals surface area (Å²) in [6, 6.07) is 1.81. The van der Waals surface area contributed by atoms with E-state index >= 15 is 0 Å². The van der Waals surface area contributed by atoms with E-state index in [0.29, 0.717) is 5.75 Å². The van der Waals surface area contributed by atoms with Crippen molar-refractivity contribution in [1.29, 1.82) is 0 Å². The standard InChI is InChI=1S/C7H8BrNO2.ClH/c1-10-5-11-7-4-9-3-2-6(7)8;/h2-4H,5H2,1H3;1H. The van der Waals surface area contributed by atoms with Crippen LogP contribution in [-0.2, 0) is 4.74 Å². The molecule has 0 fully saturated rings. The molecule has 0 aromatic carbocycles. The molecule has 3 nitrogen and oxygen atoms in total. The summed E-state index contributed by atoms with van der Waals surface area (Å²) >= 11 is 3.31. The van der Waals surface area contributed by atoms with Gasteiger partial charge in [0.15, 0.2) is 12.5 Å². The van der Waals surface area contributed by atoms with Gasteiger partial charge >= 0.3 is 0 Å². The van der Waals surface area contributed by atoms with Gasteiger partial charge in [-0.3, -0.25) is 4.98 Å². The molecule has 68 valence electrons. The molecule has 0 saturated carbocycles. The van der Waals surface area contributed by atoms with Gasteiger partial charge in [-0.05, 0) is 22.0 Å². The van der Waals surface area contributed by atoms with Crippen LogP contribution in [0.1, 0.15) is 0 Å². The molecule has 0 aliphatic carbocycles. The predicted octanol–water partition coefficient (Wildman–Crippen LogP) is 2.25. The number of halogens is 2. The van der Waals surface area contributed by atoms with E-state index in [4.69, 9.17) is 9.47 Å². The zero-order valence-electron chi connectivity index (χ0n) is 6.49. The maximum Gasteiger partial charge on any atom is 0.188 e. The lowest BCUT2D eigenvalue weighted by Crippen LogP contribution is -1.99. The molecule has 0 saturated heterocycles. The van der Waals surface area contributed by atoms with Crippen LogP contribution in [0.25, 0.3) is 0 Å². The Bertz CT molecular complexity index is 234. The van der Waals surface area contributed by atoms with Crippen LogP contribution < -0.4 is 4.74 Å². The van der Waals surface area contributed by atoms with Gasteiger partial charge in [-0.2, -0.15) is 0 Å². The van der Waals surface area contributed by atoms with Gasteiger partial charge in [0.2, 0.25) is 0 Å². The maximum atomic E-state index is 5.15. The Kier molecular flexibility index (Phi) is 6.06. The van der Waals surface area contributed by atoms with Crippen LogP contribution in [0.15, 0.2) is 22.9 Å². The first kappa shape index (κ1) is 11.7. The molecule has 0 spiro atoms. The first-order valence-electron chi connectivity index (χ1n) is 3.06. The van der Waals surface area contributed by atoms with Crippen LogP contribution >= 0.6 is 28.3 Å². The Morgan fingerprint density at radius 1 is 1.58 bits per heavy atom. The number of rotatable bonds is 3. The SMILES string of the molecule is COCOc1cnccc1Br.Cl. The van der Waals surface area contributed by atoms with E-state index in [1.54, 1.807) is 19.5 Å². The molecular weight excluding hydrogens is 245 g/mol. The van der Waals surface area contributed by atoms with Crippen molar-refractivity contribution in [2.75, 3.05) is 13.9 Å². The first-order chi connectivity index (χ1) is 5.34. The number of aromatic nitrogens is 1. The maximum absolute atomic E-state index is 5.15. The van der Waals surface area contributed by atoms with Gasteiger partial charge in [0.05, 0.1) is 10.7 Å². The third-order valence-electron chi connectivity index (χ3n) is 1.07. The number of pyridine rings is 1. The van der Waals surface area contributed by atoms with Crippen molar-refractivity contribution in [3.63, 3.8) is 0 Å². The molecule has 0 aliphatic heterocycles. The lowest BCUT2D eigenvalue weighted by Gasteiger charge is -2.04. The molecule has 1 heterocycles. The smallest absolute Gasteiger partial charge is 0.188 e. The summed E-state index contributed by atoms with van der Waals surface area (Å²) < 4.78 is 10.8. The van der Waals surface area contributed by atoms with Gasteiger partial charge in [-0.25, -0.2) is 0 Å². The molecule has 0 amide bonds. The molecular formula is C7H9BrClNO2. The minimum Gasteiger partial charge on any atom is -0.465 e. The average molecular weight is 255 g/mol. The number of methoxy groups -OCH3 is 1. The molecule has 12 heavy (non-hydrogen) atoms. The van der Waals surface area contributed by atoms with E-state index in [0.717, 1.165) is 4.47 Å². The molecule has 5 heteroatoms. The largest absolute Gasteiger partial charge is 0.465 e. The molecule has 1 aromatic heterocycles. The Morgan fingerprint density at radius 2 is 2.33 bits per heavy atom. The fourth-order valence-corrected chi connectivity index (χ4v) is 0.927. The summed E-state index contributed by atoms with van der Waals surface area (Å²) in [5, 5.41) is 0. The van der Waals surface area contributed by atoms with Crippen LogP contribution in [0, 0.1) is 0 Å². The second-order valence-corrected chi connectivity index (χ2v) is 2.71. The minimum absolute atomic E-state index is 0. The van der Waals surface area contributed by atoms with Crippen molar-refractivity contribution in [3.8, 4) is 5.75 Å². The first-order valence-corrected chi connectivity index (χ1v) is 3.85. The highest BCUT2D eigenvalue weighted by molar-refractivity contribution is 9.10. The van der Waals surface area contributed by atoms with Gasteiger partial charge < -0.3 is 9.47 Å². The quantitative estimate of drug-likeness (QED) is 0.775. The minimum atomic E-state index is 0. The number of hydrogen-bond acceptors (Lipinski definition) is 3. The Morgan fingerprint density at radius 3 is 2.92 bits per heavy atom. The van der Waals surface area contributed by atoms with Crippen molar-refractivity contribution in [1.82, 2.24) is 4.98 Å². The topological polar surface area (TPSA) is 31.4 Å². The van der Waals surface area contributed by atoms with E-state index in [2.05, 4.69) is 20.9 Å². The Hall–Kier alpha value is -0.320. The number of hydrogen-bond donors (Lipinski definition) is 0. The van der Waals surface area contributed by atoms with E-state index in [1.807, 2.05) is 6.07 Å². The molecule has 1 rings (SSSR count). The third kappa shape index (κ3) is 3.38. The van der Waals surface area contributed by atoms with Gasteiger partial charge in [0, 0.05) is 13.3 Å². The second kappa shape index (κ2) is 6.22. The fourth-order valence-electron chi connectivity index (χ4n) is 0.592. The third-order valence-corrected chi connectivity index (χ3v) is 1.72. The summed E-state index contributed by atoms with van der Waals surface area (Å²) in [7, 11) is 1.57. The van der Waals surface area contributed by atoms with Crippen LogP contribution in [0.5, 0.6) is 5.75 Å². The summed E-state index contributed by atoms with van der Waals surface area (Å²) in [6.07, 6.45) is 3.31. The lowest BCUT2D eigenvalue weighted by molar-refractivity contribution is 0.0503. The van der Waals surface area contributed by atoms with E-state index < -0.39 is 0 Å². The average Bonchev–Trinajstić information content (AvgIpc) is 2.03. The molecule has 0 bridgehead atoms. The molecule has 0 unspecified atom stereocenters. The van der Waals surface area contributed by atoms with Crippen molar-refractivity contribution < 1.29 is 9.47 Å². The zero-order chi connectivity index (χ0) is 8.10. The van der Waals surface area contributed by atoms with E-state index in [9.17, 15) is 0 Å². The second-order valence-electron chi connectivity index (χ2n) is 1.86. The van der Waals surface area contributed by atoms with E-state index in [1.165, 1.54) is 0 Å². The van der Waals surface area contributed by atoms with Gasteiger partial charge in [-0.15, -0.1) is 12.4 Å². The zero-order valence-corrected chi connectivity index (χ0v) is 8.89. The molecule has 0 atom stereocenters. The van der Waals surface area contributed by atoms with Crippen molar-refractivity contribution in [2.45, 2.75) is 0 Å². The van der Waals surface area contributed by atoms with Gasteiger partial charge in [0.25, 0.3) is 0 Å². The van der Waals surface area contributed by atoms with Crippen molar-refractivity contribution >= 4 is 28.3 Å². The fraction of sp³-hybridized carbons (Fsp3) is 0.286. The molecule has 1 aromatic rings. The predicted molar refractivity (Wildman–Crippen MR) is 51.7 cm³/mol. The van der Waals surface area contributed by atoms with Crippen molar-refractivity contribution in [2.24, 2.45) is 0 Å². The van der Waals surface area contributed by atoms with E-state index in [-0.39, 0.29) is 19.2 Å². The van der Waals surface area contributed by atoms with Gasteiger partial charge in [0.1, 0.15) is 0 Å². The summed E-state index contributed by atoms with van der Waals surface area (Å²) in [4.78, 5) is 3.89.